The predicted molar refractivity (Wildman–Crippen MR) is 78.3 cm³/mol. The van der Waals surface area contributed by atoms with Crippen LogP contribution in [0.1, 0.15) is 6.92 Å². The van der Waals surface area contributed by atoms with Gasteiger partial charge >= 0.3 is 0 Å². The average molecular weight is 283 g/mol. The molecule has 2 aromatic rings. The minimum Gasteiger partial charge on any atom is -0.505 e. The highest BCUT2D eigenvalue weighted by atomic mass is 16.5. The molecule has 6 nitrogen and oxygen atoms in total. The van der Waals surface area contributed by atoms with Crippen molar-refractivity contribution in [3.05, 3.63) is 47.9 Å². The van der Waals surface area contributed by atoms with Crippen molar-refractivity contribution in [2.24, 2.45) is 4.99 Å². The Balaban J connectivity index is 2.20. The number of pyridine rings is 1. The van der Waals surface area contributed by atoms with E-state index in [0.29, 0.717) is 17.3 Å². The standard InChI is InChI=1S/C15H13N3O3/c1-9-12(19)7-6-10(14(9)20)16-13-11-5-3-4-8-18(11)17-15(13)21-2/h3-8,20H,1-2H3. The lowest BCUT2D eigenvalue weighted by atomic mass is 10.0. The summed E-state index contributed by atoms with van der Waals surface area (Å²) in [6, 6.07) is 5.55. The van der Waals surface area contributed by atoms with E-state index in [-0.39, 0.29) is 17.1 Å². The summed E-state index contributed by atoms with van der Waals surface area (Å²) in [7, 11) is 1.51. The van der Waals surface area contributed by atoms with Crippen molar-refractivity contribution >= 4 is 22.7 Å². The van der Waals surface area contributed by atoms with Gasteiger partial charge in [0.05, 0.1) is 12.6 Å². The second kappa shape index (κ2) is 4.90. The molecular formula is C15H13N3O3. The van der Waals surface area contributed by atoms with Gasteiger partial charge in [-0.3, -0.25) is 4.79 Å². The number of aliphatic imine (C=N–C) groups is 1. The van der Waals surface area contributed by atoms with E-state index in [4.69, 9.17) is 4.74 Å². The molecule has 3 rings (SSSR count). The quantitative estimate of drug-likeness (QED) is 0.858. The van der Waals surface area contributed by atoms with Crippen LogP contribution >= 0.6 is 0 Å². The lowest BCUT2D eigenvalue weighted by Crippen LogP contribution is -2.12. The van der Waals surface area contributed by atoms with Gasteiger partial charge in [0.1, 0.15) is 11.5 Å². The van der Waals surface area contributed by atoms with Gasteiger partial charge in [-0.05, 0) is 31.2 Å². The van der Waals surface area contributed by atoms with Gasteiger partial charge in [0, 0.05) is 11.8 Å². The number of hydrogen-bond donors (Lipinski definition) is 1. The van der Waals surface area contributed by atoms with E-state index in [9.17, 15) is 9.90 Å². The van der Waals surface area contributed by atoms with E-state index < -0.39 is 0 Å². The van der Waals surface area contributed by atoms with Crippen molar-refractivity contribution in [3.63, 3.8) is 0 Å². The van der Waals surface area contributed by atoms with Crippen LogP contribution in [0, 0.1) is 0 Å². The highest BCUT2D eigenvalue weighted by Crippen LogP contribution is 2.32. The van der Waals surface area contributed by atoms with Crippen molar-refractivity contribution in [2.45, 2.75) is 6.92 Å². The number of rotatable bonds is 2. The predicted octanol–water partition coefficient (Wildman–Crippen LogP) is 2.39. The molecule has 0 saturated carbocycles. The summed E-state index contributed by atoms with van der Waals surface area (Å²) in [4.78, 5) is 15.9. The van der Waals surface area contributed by atoms with Crippen LogP contribution in [0.4, 0.5) is 5.69 Å². The minimum absolute atomic E-state index is 0.125. The lowest BCUT2D eigenvalue weighted by Gasteiger charge is -2.08. The van der Waals surface area contributed by atoms with E-state index in [1.54, 1.807) is 17.6 Å². The van der Waals surface area contributed by atoms with Crippen LogP contribution in [0.3, 0.4) is 0 Å². The zero-order valence-electron chi connectivity index (χ0n) is 11.6. The Labute approximate surface area is 120 Å². The Bertz CT molecular complexity index is 828. The van der Waals surface area contributed by atoms with Crippen LogP contribution in [0.2, 0.25) is 0 Å². The third-order valence-electron chi connectivity index (χ3n) is 3.27. The van der Waals surface area contributed by atoms with Gasteiger partial charge in [0.2, 0.25) is 0 Å². The summed E-state index contributed by atoms with van der Waals surface area (Å²) in [6.45, 7) is 1.56. The molecule has 21 heavy (non-hydrogen) atoms. The summed E-state index contributed by atoms with van der Waals surface area (Å²) in [5, 5.41) is 14.3. The monoisotopic (exact) mass is 283 g/mol. The van der Waals surface area contributed by atoms with Crippen molar-refractivity contribution in [1.82, 2.24) is 9.61 Å². The normalized spacial score (nSPS) is 17.0. The van der Waals surface area contributed by atoms with Crippen molar-refractivity contribution in [2.75, 3.05) is 7.11 Å². The lowest BCUT2D eigenvalue weighted by molar-refractivity contribution is -0.111. The number of hydrogen-bond acceptors (Lipinski definition) is 5. The average Bonchev–Trinajstić information content (AvgIpc) is 2.86. The molecule has 1 aliphatic carbocycles. The van der Waals surface area contributed by atoms with E-state index in [2.05, 4.69) is 10.1 Å². The van der Waals surface area contributed by atoms with E-state index in [1.807, 2.05) is 18.2 Å². The number of carbonyl (C=O) groups is 1. The molecule has 2 aromatic heterocycles. The first-order valence-corrected chi connectivity index (χ1v) is 6.34. The first-order valence-electron chi connectivity index (χ1n) is 6.34. The van der Waals surface area contributed by atoms with E-state index in [1.165, 1.54) is 19.3 Å². The maximum absolute atomic E-state index is 11.5. The molecule has 0 aliphatic heterocycles. The summed E-state index contributed by atoms with van der Waals surface area (Å²) in [5.41, 5.74) is 1.83. The summed E-state index contributed by atoms with van der Waals surface area (Å²) >= 11 is 0. The highest BCUT2D eigenvalue weighted by Gasteiger charge is 2.19. The Morgan fingerprint density at radius 2 is 2.14 bits per heavy atom. The minimum atomic E-state index is -0.224. The number of ether oxygens (including phenoxy) is 1. The first-order chi connectivity index (χ1) is 10.1. The molecule has 0 amide bonds. The molecule has 0 atom stereocenters. The molecule has 0 radical (unpaired) electrons. The van der Waals surface area contributed by atoms with E-state index >= 15 is 0 Å². The SMILES string of the molecule is COc1nn2ccccc2c1N=C1C=CC(=O)C(C)=C1O. The second-order valence-corrected chi connectivity index (χ2v) is 4.56. The maximum atomic E-state index is 11.5. The van der Waals surface area contributed by atoms with Gasteiger partial charge in [0.15, 0.2) is 11.5 Å². The summed E-state index contributed by atoms with van der Waals surface area (Å²) in [5.74, 6) is 0.00238. The number of aromatic nitrogens is 2. The van der Waals surface area contributed by atoms with Crippen LogP contribution in [0.5, 0.6) is 5.88 Å². The number of aliphatic hydroxyl groups excluding tert-OH is 1. The van der Waals surface area contributed by atoms with Gasteiger partial charge in [-0.15, -0.1) is 5.10 Å². The zero-order chi connectivity index (χ0) is 15.0. The van der Waals surface area contributed by atoms with Crippen LogP contribution in [0.15, 0.2) is 52.9 Å². The number of ketones is 1. The zero-order valence-corrected chi connectivity index (χ0v) is 11.6. The number of aliphatic hydroxyl groups is 1. The number of allylic oxidation sites excluding steroid dienone is 3. The van der Waals surface area contributed by atoms with Gasteiger partial charge in [0.25, 0.3) is 5.88 Å². The first kappa shape index (κ1) is 13.1. The van der Waals surface area contributed by atoms with Gasteiger partial charge < -0.3 is 9.84 Å². The van der Waals surface area contributed by atoms with Crippen LogP contribution < -0.4 is 4.74 Å². The van der Waals surface area contributed by atoms with Crippen LogP contribution in [0.25, 0.3) is 5.52 Å². The Hall–Kier alpha value is -2.89. The van der Waals surface area contributed by atoms with Crippen LogP contribution in [-0.2, 0) is 4.79 Å². The number of fused-ring (bicyclic) bond motifs is 1. The Morgan fingerprint density at radius 3 is 2.90 bits per heavy atom. The summed E-state index contributed by atoms with van der Waals surface area (Å²) < 4.78 is 6.87. The van der Waals surface area contributed by atoms with Crippen molar-refractivity contribution in [1.29, 1.82) is 0 Å². The molecule has 1 N–H and O–H groups in total. The topological polar surface area (TPSA) is 76.2 Å². The third-order valence-corrected chi connectivity index (χ3v) is 3.27. The molecule has 0 spiro atoms. The Kier molecular flexibility index (Phi) is 3.06. The smallest absolute Gasteiger partial charge is 0.259 e. The molecule has 0 unspecified atom stereocenters. The maximum Gasteiger partial charge on any atom is 0.259 e. The number of nitrogens with zero attached hydrogens (tertiary/aromatic N) is 3. The number of methoxy groups -OCH3 is 1. The van der Waals surface area contributed by atoms with Gasteiger partial charge in [-0.2, -0.15) is 0 Å². The fourth-order valence-corrected chi connectivity index (χ4v) is 2.08. The molecule has 0 bridgehead atoms. The van der Waals surface area contributed by atoms with Crippen molar-refractivity contribution < 1.29 is 14.6 Å². The van der Waals surface area contributed by atoms with E-state index in [0.717, 1.165) is 5.52 Å². The van der Waals surface area contributed by atoms with Gasteiger partial charge in [-0.1, -0.05) is 6.07 Å². The van der Waals surface area contributed by atoms with Gasteiger partial charge in [-0.25, -0.2) is 9.51 Å². The highest BCUT2D eigenvalue weighted by molar-refractivity contribution is 6.21. The molecule has 0 aromatic carbocycles. The van der Waals surface area contributed by atoms with Crippen molar-refractivity contribution in [3.8, 4) is 5.88 Å². The molecule has 1 aliphatic rings. The molecule has 6 heteroatoms. The van der Waals surface area contributed by atoms with Crippen LogP contribution in [-0.4, -0.2) is 33.3 Å². The molecule has 2 heterocycles. The fraction of sp³-hybridized carbons (Fsp3) is 0.133. The number of carbonyl (C=O) groups excluding carboxylic acids is 1. The Morgan fingerprint density at radius 1 is 1.33 bits per heavy atom. The second-order valence-electron chi connectivity index (χ2n) is 4.56. The molecular weight excluding hydrogens is 270 g/mol. The molecule has 0 fully saturated rings. The largest absolute Gasteiger partial charge is 0.505 e. The fourth-order valence-electron chi connectivity index (χ4n) is 2.08. The molecule has 106 valence electrons. The molecule has 0 saturated heterocycles. The third kappa shape index (κ3) is 2.10. The summed E-state index contributed by atoms with van der Waals surface area (Å²) in [6.07, 6.45) is 4.64.